The Morgan fingerprint density at radius 1 is 1.42 bits per heavy atom. The predicted octanol–water partition coefficient (Wildman–Crippen LogP) is 2.01. The van der Waals surface area contributed by atoms with Crippen molar-refractivity contribution in [3.8, 4) is 0 Å². The van der Waals surface area contributed by atoms with Crippen LogP contribution in [0.3, 0.4) is 0 Å². The van der Waals surface area contributed by atoms with Crippen LogP contribution in [0.2, 0.25) is 0 Å². The number of sulfonamides is 1. The minimum Gasteiger partial charge on any atom is -0.399 e. The number of nitrogen functional groups attached to an aromatic ring is 1. The van der Waals surface area contributed by atoms with E-state index in [1.54, 1.807) is 30.0 Å². The summed E-state index contributed by atoms with van der Waals surface area (Å²) in [6.07, 6.45) is 4.85. The molecule has 1 aromatic carbocycles. The van der Waals surface area contributed by atoms with Crippen LogP contribution in [0.25, 0.3) is 0 Å². The molecule has 1 fully saturated rings. The molecule has 1 aliphatic rings. The molecule has 0 atom stereocenters. The molecule has 0 unspecified atom stereocenters. The van der Waals surface area contributed by atoms with Crippen molar-refractivity contribution < 1.29 is 8.42 Å². The number of nitrogens with two attached hydrogens (primary N) is 1. The van der Waals surface area contributed by atoms with Gasteiger partial charge in [0.15, 0.2) is 0 Å². The highest BCUT2D eigenvalue weighted by Crippen LogP contribution is 2.46. The first kappa shape index (κ1) is 14.7. The lowest BCUT2D eigenvalue weighted by atomic mass is 10.1. The van der Waals surface area contributed by atoms with E-state index in [-0.39, 0.29) is 4.75 Å². The van der Waals surface area contributed by atoms with Gasteiger partial charge in [0.25, 0.3) is 0 Å². The van der Waals surface area contributed by atoms with Crippen molar-refractivity contribution in [1.82, 2.24) is 4.72 Å². The van der Waals surface area contributed by atoms with Gasteiger partial charge in [-0.1, -0.05) is 13.0 Å². The molecule has 0 aromatic heterocycles. The molecular weight excluding hydrogens is 280 g/mol. The van der Waals surface area contributed by atoms with Crippen molar-refractivity contribution in [1.29, 1.82) is 0 Å². The minimum atomic E-state index is -3.47. The zero-order valence-corrected chi connectivity index (χ0v) is 12.9. The number of benzene rings is 1. The Labute approximate surface area is 119 Å². The molecule has 1 aliphatic carbocycles. The summed E-state index contributed by atoms with van der Waals surface area (Å²) in [4.78, 5) is 0.312. The van der Waals surface area contributed by atoms with Crippen molar-refractivity contribution in [2.75, 3.05) is 18.5 Å². The van der Waals surface area contributed by atoms with E-state index < -0.39 is 10.0 Å². The van der Waals surface area contributed by atoms with Gasteiger partial charge in [-0.25, -0.2) is 13.1 Å². The van der Waals surface area contributed by atoms with E-state index in [1.807, 2.05) is 13.2 Å². The molecule has 6 heteroatoms. The highest BCUT2D eigenvalue weighted by atomic mass is 32.2. The number of hydrogen-bond acceptors (Lipinski definition) is 4. The second-order valence-corrected chi connectivity index (χ2v) is 7.94. The van der Waals surface area contributed by atoms with Crippen molar-refractivity contribution in [3.05, 3.63) is 23.8 Å². The maximum atomic E-state index is 12.4. The van der Waals surface area contributed by atoms with Crippen molar-refractivity contribution in [2.45, 2.75) is 35.8 Å². The van der Waals surface area contributed by atoms with E-state index in [0.29, 0.717) is 23.5 Å². The third kappa shape index (κ3) is 3.24. The standard InChI is InChI=1S/C13H20N2O2S2/c1-3-10-4-5-11(14)8-12(10)19(16,17)15-9-13(18-2)6-7-13/h4-5,8,15H,3,6-7,9,14H2,1-2H3. The third-order valence-electron chi connectivity index (χ3n) is 3.59. The number of anilines is 1. The number of nitrogens with one attached hydrogen (secondary N) is 1. The molecule has 0 aliphatic heterocycles. The molecule has 0 bridgehead atoms. The largest absolute Gasteiger partial charge is 0.399 e. The van der Waals surface area contributed by atoms with Gasteiger partial charge in [-0.05, 0) is 43.2 Å². The lowest BCUT2D eigenvalue weighted by Gasteiger charge is -2.15. The molecule has 3 N–H and O–H groups in total. The summed E-state index contributed by atoms with van der Waals surface area (Å²) in [7, 11) is -3.47. The van der Waals surface area contributed by atoms with Crippen LogP contribution >= 0.6 is 11.8 Å². The number of rotatable bonds is 6. The third-order valence-corrected chi connectivity index (χ3v) is 6.49. The van der Waals surface area contributed by atoms with E-state index in [1.165, 1.54) is 0 Å². The van der Waals surface area contributed by atoms with Gasteiger partial charge >= 0.3 is 0 Å². The summed E-state index contributed by atoms with van der Waals surface area (Å²) in [5.74, 6) is 0. The lowest BCUT2D eigenvalue weighted by molar-refractivity contribution is 0.578. The molecule has 0 spiro atoms. The summed E-state index contributed by atoms with van der Waals surface area (Å²) in [6.45, 7) is 2.43. The fourth-order valence-electron chi connectivity index (χ4n) is 2.01. The summed E-state index contributed by atoms with van der Waals surface area (Å²) in [5.41, 5.74) is 6.98. The second-order valence-electron chi connectivity index (χ2n) is 4.93. The Bertz CT molecular complexity index is 566. The molecule has 0 heterocycles. The van der Waals surface area contributed by atoms with Gasteiger partial charge in [0, 0.05) is 17.0 Å². The topological polar surface area (TPSA) is 72.2 Å². The summed E-state index contributed by atoms with van der Waals surface area (Å²) in [6, 6.07) is 5.06. The number of hydrogen-bond donors (Lipinski definition) is 2. The Kier molecular flexibility index (Phi) is 4.13. The zero-order valence-electron chi connectivity index (χ0n) is 11.3. The van der Waals surface area contributed by atoms with Crippen LogP contribution in [0.1, 0.15) is 25.3 Å². The van der Waals surface area contributed by atoms with E-state index in [2.05, 4.69) is 4.72 Å². The molecular formula is C13H20N2O2S2. The summed E-state index contributed by atoms with van der Waals surface area (Å²) in [5, 5.41) is 0. The lowest BCUT2D eigenvalue weighted by Crippen LogP contribution is -2.32. The average Bonchev–Trinajstić information content (AvgIpc) is 3.17. The van der Waals surface area contributed by atoms with Crippen LogP contribution in [0, 0.1) is 0 Å². The van der Waals surface area contributed by atoms with Crippen LogP contribution in [0.5, 0.6) is 0 Å². The molecule has 1 aromatic rings. The molecule has 4 nitrogen and oxygen atoms in total. The number of thioether (sulfide) groups is 1. The fourth-order valence-corrected chi connectivity index (χ4v) is 4.30. The Balaban J connectivity index is 2.21. The van der Waals surface area contributed by atoms with Gasteiger partial charge < -0.3 is 5.73 Å². The maximum Gasteiger partial charge on any atom is 0.240 e. The van der Waals surface area contributed by atoms with E-state index in [9.17, 15) is 8.42 Å². The Hall–Kier alpha value is -0.720. The van der Waals surface area contributed by atoms with Crippen molar-refractivity contribution >= 4 is 27.5 Å². The molecule has 0 amide bonds. The molecule has 106 valence electrons. The van der Waals surface area contributed by atoms with Crippen LogP contribution in [0.15, 0.2) is 23.1 Å². The maximum absolute atomic E-state index is 12.4. The van der Waals surface area contributed by atoms with Gasteiger partial charge in [0.1, 0.15) is 0 Å². The van der Waals surface area contributed by atoms with Gasteiger partial charge in [0.2, 0.25) is 10.0 Å². The zero-order chi connectivity index (χ0) is 14.1. The molecule has 0 radical (unpaired) electrons. The normalized spacial score (nSPS) is 17.4. The summed E-state index contributed by atoms with van der Waals surface area (Å²) < 4.78 is 27.6. The highest BCUT2D eigenvalue weighted by molar-refractivity contribution is 8.00. The first-order valence-electron chi connectivity index (χ1n) is 6.36. The minimum absolute atomic E-state index is 0.111. The van der Waals surface area contributed by atoms with E-state index in [4.69, 9.17) is 5.73 Å². The summed E-state index contributed by atoms with van der Waals surface area (Å²) >= 11 is 1.74. The van der Waals surface area contributed by atoms with Crippen molar-refractivity contribution in [2.24, 2.45) is 0 Å². The monoisotopic (exact) mass is 300 g/mol. The van der Waals surface area contributed by atoms with Gasteiger partial charge in [-0.15, -0.1) is 0 Å². The van der Waals surface area contributed by atoms with Crippen molar-refractivity contribution in [3.63, 3.8) is 0 Å². The average molecular weight is 300 g/mol. The Morgan fingerprint density at radius 3 is 2.63 bits per heavy atom. The quantitative estimate of drug-likeness (QED) is 0.788. The van der Waals surface area contributed by atoms with Crippen LogP contribution in [0.4, 0.5) is 5.69 Å². The molecule has 1 saturated carbocycles. The first-order chi connectivity index (χ1) is 8.92. The molecule has 2 rings (SSSR count). The Morgan fingerprint density at radius 2 is 2.11 bits per heavy atom. The van der Waals surface area contributed by atoms with Gasteiger partial charge in [0.05, 0.1) is 4.90 Å². The highest BCUT2D eigenvalue weighted by Gasteiger charge is 2.42. The van der Waals surface area contributed by atoms with Gasteiger partial charge in [-0.2, -0.15) is 11.8 Å². The van der Waals surface area contributed by atoms with Crippen LogP contribution in [-0.4, -0.2) is 26.0 Å². The number of aryl methyl sites for hydroxylation is 1. The van der Waals surface area contributed by atoms with Crippen LogP contribution in [-0.2, 0) is 16.4 Å². The van der Waals surface area contributed by atoms with E-state index >= 15 is 0 Å². The predicted molar refractivity (Wildman–Crippen MR) is 80.9 cm³/mol. The fraction of sp³-hybridized carbons (Fsp3) is 0.538. The SMILES string of the molecule is CCc1ccc(N)cc1S(=O)(=O)NCC1(SC)CC1. The van der Waals surface area contributed by atoms with Crippen LogP contribution < -0.4 is 10.5 Å². The molecule has 19 heavy (non-hydrogen) atoms. The smallest absolute Gasteiger partial charge is 0.240 e. The second kappa shape index (κ2) is 5.34. The first-order valence-corrected chi connectivity index (χ1v) is 9.06. The van der Waals surface area contributed by atoms with E-state index in [0.717, 1.165) is 18.4 Å². The molecule has 0 saturated heterocycles. The van der Waals surface area contributed by atoms with Gasteiger partial charge in [-0.3, -0.25) is 0 Å².